The number of fused-ring (bicyclic) bond motifs is 1. The van der Waals surface area contributed by atoms with Crippen molar-refractivity contribution in [3.8, 4) is 5.75 Å². The second-order valence-corrected chi connectivity index (χ2v) is 6.26. The molecule has 2 aromatic rings. The number of amides is 1. The van der Waals surface area contributed by atoms with Gasteiger partial charge in [0.1, 0.15) is 11.8 Å². The van der Waals surface area contributed by atoms with Crippen molar-refractivity contribution in [3.05, 3.63) is 18.2 Å². The molecule has 1 heterocycles. The number of aromatic nitrogens is 1. The van der Waals surface area contributed by atoms with E-state index in [1.165, 1.54) is 11.3 Å². The van der Waals surface area contributed by atoms with Crippen LogP contribution in [0.3, 0.4) is 0 Å². The maximum Gasteiger partial charge on any atom is 0.242 e. The predicted molar refractivity (Wildman–Crippen MR) is 85.0 cm³/mol. The zero-order valence-corrected chi connectivity index (χ0v) is 13.0. The molecule has 1 aliphatic carbocycles. The van der Waals surface area contributed by atoms with E-state index in [4.69, 9.17) is 4.74 Å². The van der Waals surface area contributed by atoms with Crippen LogP contribution in [0.1, 0.15) is 26.7 Å². The first kappa shape index (κ1) is 14.1. The fraction of sp³-hybridized carbons (Fsp3) is 0.467. The molecule has 1 saturated carbocycles. The lowest BCUT2D eigenvalue weighted by Gasteiger charge is -2.12. The average molecular weight is 305 g/mol. The van der Waals surface area contributed by atoms with Gasteiger partial charge in [-0.05, 0) is 44.9 Å². The van der Waals surface area contributed by atoms with E-state index in [0.717, 1.165) is 33.9 Å². The SMILES string of the molecule is CCOc1ccc2nc(NC(C)C(=O)NC3CC3)sc2c1. The van der Waals surface area contributed by atoms with E-state index in [1.807, 2.05) is 32.0 Å². The number of benzene rings is 1. The zero-order valence-electron chi connectivity index (χ0n) is 12.2. The number of nitrogens with one attached hydrogen (secondary N) is 2. The number of carbonyl (C=O) groups excluding carboxylic acids is 1. The van der Waals surface area contributed by atoms with Crippen LogP contribution in [0.5, 0.6) is 5.75 Å². The zero-order chi connectivity index (χ0) is 14.8. The fourth-order valence-corrected chi connectivity index (χ4v) is 3.01. The molecule has 6 heteroatoms. The Hall–Kier alpha value is -1.82. The van der Waals surface area contributed by atoms with Gasteiger partial charge < -0.3 is 15.4 Å². The van der Waals surface area contributed by atoms with Gasteiger partial charge in [0.05, 0.1) is 16.8 Å². The van der Waals surface area contributed by atoms with Crippen LogP contribution in [0.15, 0.2) is 18.2 Å². The molecule has 0 saturated heterocycles. The third-order valence-corrected chi connectivity index (χ3v) is 4.28. The lowest BCUT2D eigenvalue weighted by Crippen LogP contribution is -2.38. The molecule has 0 bridgehead atoms. The van der Waals surface area contributed by atoms with Crippen LogP contribution in [0.25, 0.3) is 10.2 Å². The molecule has 0 aliphatic heterocycles. The minimum atomic E-state index is -0.280. The Morgan fingerprint density at radius 2 is 2.33 bits per heavy atom. The monoisotopic (exact) mass is 305 g/mol. The first-order valence-electron chi connectivity index (χ1n) is 7.26. The topological polar surface area (TPSA) is 63.2 Å². The molecule has 2 N–H and O–H groups in total. The molecule has 1 aliphatic rings. The molecule has 5 nitrogen and oxygen atoms in total. The Morgan fingerprint density at radius 1 is 1.52 bits per heavy atom. The highest BCUT2D eigenvalue weighted by Gasteiger charge is 2.25. The first-order chi connectivity index (χ1) is 10.2. The van der Waals surface area contributed by atoms with E-state index >= 15 is 0 Å². The molecule has 1 atom stereocenters. The van der Waals surface area contributed by atoms with Gasteiger partial charge in [0, 0.05) is 6.04 Å². The second-order valence-electron chi connectivity index (χ2n) is 5.23. The van der Waals surface area contributed by atoms with Gasteiger partial charge in [-0.25, -0.2) is 4.98 Å². The van der Waals surface area contributed by atoms with Crippen LogP contribution in [0, 0.1) is 0 Å². The summed E-state index contributed by atoms with van der Waals surface area (Å²) in [5.74, 6) is 0.881. The minimum Gasteiger partial charge on any atom is -0.494 e. The number of hydrogen-bond donors (Lipinski definition) is 2. The predicted octanol–water partition coefficient (Wildman–Crippen LogP) is 2.77. The number of anilines is 1. The van der Waals surface area contributed by atoms with Crippen LogP contribution in [0.2, 0.25) is 0 Å². The van der Waals surface area contributed by atoms with E-state index in [9.17, 15) is 4.79 Å². The number of carbonyl (C=O) groups is 1. The van der Waals surface area contributed by atoms with Crippen molar-refractivity contribution in [1.29, 1.82) is 0 Å². The maximum absolute atomic E-state index is 11.9. The average Bonchev–Trinajstić information content (AvgIpc) is 3.17. The van der Waals surface area contributed by atoms with Crippen LogP contribution in [-0.4, -0.2) is 29.6 Å². The van der Waals surface area contributed by atoms with Gasteiger partial charge in [-0.3, -0.25) is 4.79 Å². The van der Waals surface area contributed by atoms with Crippen molar-refractivity contribution in [2.45, 2.75) is 38.8 Å². The summed E-state index contributed by atoms with van der Waals surface area (Å²) in [6, 6.07) is 5.94. The second kappa shape index (κ2) is 5.89. The molecule has 3 rings (SSSR count). The molecular weight excluding hydrogens is 286 g/mol. The summed E-state index contributed by atoms with van der Waals surface area (Å²) in [7, 11) is 0. The first-order valence-corrected chi connectivity index (χ1v) is 8.07. The van der Waals surface area contributed by atoms with Crippen molar-refractivity contribution in [2.24, 2.45) is 0 Å². The molecule has 1 fully saturated rings. The van der Waals surface area contributed by atoms with Crippen molar-refractivity contribution in [2.75, 3.05) is 11.9 Å². The molecule has 112 valence electrons. The summed E-state index contributed by atoms with van der Waals surface area (Å²) >= 11 is 1.54. The molecule has 0 spiro atoms. The number of nitrogens with zero attached hydrogens (tertiary/aromatic N) is 1. The number of rotatable bonds is 6. The van der Waals surface area contributed by atoms with Crippen LogP contribution < -0.4 is 15.4 Å². The number of hydrogen-bond acceptors (Lipinski definition) is 5. The van der Waals surface area contributed by atoms with Crippen molar-refractivity contribution in [3.63, 3.8) is 0 Å². The van der Waals surface area contributed by atoms with Gasteiger partial charge in [0.2, 0.25) is 5.91 Å². The maximum atomic E-state index is 11.9. The van der Waals surface area contributed by atoms with Crippen LogP contribution in [0.4, 0.5) is 5.13 Å². The lowest BCUT2D eigenvalue weighted by atomic mass is 10.3. The minimum absolute atomic E-state index is 0.0340. The largest absolute Gasteiger partial charge is 0.494 e. The van der Waals surface area contributed by atoms with Crippen molar-refractivity contribution < 1.29 is 9.53 Å². The summed E-state index contributed by atoms with van der Waals surface area (Å²) in [6.07, 6.45) is 2.19. The Bertz CT molecular complexity index is 651. The van der Waals surface area contributed by atoms with E-state index in [0.29, 0.717) is 12.6 Å². The third kappa shape index (κ3) is 3.44. The third-order valence-electron chi connectivity index (χ3n) is 3.33. The Kier molecular flexibility index (Phi) is 3.96. The van der Waals surface area contributed by atoms with Gasteiger partial charge in [-0.2, -0.15) is 0 Å². The van der Waals surface area contributed by atoms with Gasteiger partial charge in [-0.15, -0.1) is 0 Å². The summed E-state index contributed by atoms with van der Waals surface area (Å²) in [5.41, 5.74) is 0.917. The smallest absolute Gasteiger partial charge is 0.242 e. The molecule has 1 unspecified atom stereocenters. The highest BCUT2D eigenvalue weighted by molar-refractivity contribution is 7.22. The van der Waals surface area contributed by atoms with Gasteiger partial charge >= 0.3 is 0 Å². The fourth-order valence-electron chi connectivity index (χ4n) is 2.03. The molecule has 21 heavy (non-hydrogen) atoms. The standard InChI is InChI=1S/C15H19N3O2S/c1-3-20-11-6-7-12-13(8-11)21-15(18-12)16-9(2)14(19)17-10-4-5-10/h6-10H,3-5H2,1-2H3,(H,16,18)(H,17,19). The molecule has 1 aromatic carbocycles. The van der Waals surface area contributed by atoms with Crippen molar-refractivity contribution >= 4 is 32.6 Å². The summed E-state index contributed by atoms with van der Waals surface area (Å²) in [5, 5.41) is 6.92. The quantitative estimate of drug-likeness (QED) is 0.861. The lowest BCUT2D eigenvalue weighted by molar-refractivity contribution is -0.121. The normalized spacial score (nSPS) is 15.7. The molecule has 1 aromatic heterocycles. The van der Waals surface area contributed by atoms with Crippen LogP contribution in [-0.2, 0) is 4.79 Å². The van der Waals surface area contributed by atoms with Crippen molar-refractivity contribution in [1.82, 2.24) is 10.3 Å². The van der Waals surface area contributed by atoms with Gasteiger partial charge in [-0.1, -0.05) is 11.3 Å². The van der Waals surface area contributed by atoms with E-state index in [2.05, 4.69) is 15.6 Å². The van der Waals surface area contributed by atoms with E-state index < -0.39 is 0 Å². The van der Waals surface area contributed by atoms with Gasteiger partial charge in [0.15, 0.2) is 5.13 Å². The Balaban J connectivity index is 1.69. The van der Waals surface area contributed by atoms with E-state index in [-0.39, 0.29) is 11.9 Å². The molecule has 0 radical (unpaired) electrons. The summed E-state index contributed by atoms with van der Waals surface area (Å²) in [6.45, 7) is 4.47. The van der Waals surface area contributed by atoms with E-state index in [1.54, 1.807) is 0 Å². The summed E-state index contributed by atoms with van der Waals surface area (Å²) < 4.78 is 6.54. The Morgan fingerprint density at radius 3 is 3.05 bits per heavy atom. The highest BCUT2D eigenvalue weighted by atomic mass is 32.1. The number of ether oxygens (including phenoxy) is 1. The number of thiazole rings is 1. The van der Waals surface area contributed by atoms with Gasteiger partial charge in [0.25, 0.3) is 0 Å². The summed E-state index contributed by atoms with van der Waals surface area (Å²) in [4.78, 5) is 16.4. The highest BCUT2D eigenvalue weighted by Crippen LogP contribution is 2.29. The Labute approximate surface area is 127 Å². The van der Waals surface area contributed by atoms with Crippen LogP contribution >= 0.6 is 11.3 Å². The molecular formula is C15H19N3O2S. The molecule has 1 amide bonds.